The molecule has 2 heterocycles. The van der Waals surface area contributed by atoms with E-state index in [4.69, 9.17) is 4.74 Å². The first-order chi connectivity index (χ1) is 12.2. The lowest BCUT2D eigenvalue weighted by atomic mass is 10.1. The Morgan fingerprint density at radius 1 is 1.24 bits per heavy atom. The molecule has 2 aromatic rings. The molecule has 1 unspecified atom stereocenters. The summed E-state index contributed by atoms with van der Waals surface area (Å²) >= 11 is 0. The molecule has 0 N–H and O–H groups in total. The van der Waals surface area contributed by atoms with Gasteiger partial charge in [0.1, 0.15) is 11.6 Å². The molecule has 1 aliphatic carbocycles. The van der Waals surface area contributed by atoms with Crippen LogP contribution < -0.4 is 4.74 Å². The van der Waals surface area contributed by atoms with Gasteiger partial charge in [0.2, 0.25) is 0 Å². The lowest BCUT2D eigenvalue weighted by Gasteiger charge is -2.18. The van der Waals surface area contributed by atoms with E-state index >= 15 is 0 Å². The predicted octanol–water partition coefficient (Wildman–Crippen LogP) is 3.24. The summed E-state index contributed by atoms with van der Waals surface area (Å²) in [4.78, 5) is 19.3. The van der Waals surface area contributed by atoms with E-state index in [9.17, 15) is 4.79 Å². The van der Waals surface area contributed by atoms with E-state index in [1.807, 2.05) is 35.4 Å². The number of carbonyl (C=O) groups excluding carboxylic acids is 1. The normalized spacial score (nSPS) is 20.1. The molecular weight excluding hydrogens is 314 g/mol. The topological polar surface area (TPSA) is 47.4 Å². The maximum atomic E-state index is 12.7. The summed E-state index contributed by atoms with van der Waals surface area (Å²) in [6, 6.07) is 7.38. The number of likely N-dealkylation sites (tertiary alicyclic amines) is 1. The fraction of sp³-hybridized carbons (Fsp3) is 0.500. The monoisotopic (exact) mass is 339 g/mol. The first kappa shape index (κ1) is 16.2. The number of benzene rings is 1. The molecule has 0 spiro atoms. The van der Waals surface area contributed by atoms with Crippen molar-refractivity contribution in [2.24, 2.45) is 5.92 Å². The number of aromatic nitrogens is 2. The molecular formula is C20H25N3O2. The first-order valence-electron chi connectivity index (χ1n) is 9.11. The molecule has 132 valence electrons. The largest absolute Gasteiger partial charge is 0.497 e. The summed E-state index contributed by atoms with van der Waals surface area (Å²) in [5.74, 6) is 3.31. The second-order valence-corrected chi connectivity index (χ2v) is 7.28. The van der Waals surface area contributed by atoms with Gasteiger partial charge in [-0.1, -0.05) is 0 Å². The van der Waals surface area contributed by atoms with Crippen LogP contribution in [0.4, 0.5) is 0 Å². The van der Waals surface area contributed by atoms with E-state index in [1.165, 1.54) is 24.4 Å². The molecule has 1 aromatic heterocycles. The highest BCUT2D eigenvalue weighted by Crippen LogP contribution is 2.40. The Morgan fingerprint density at radius 2 is 2.00 bits per heavy atom. The lowest BCUT2D eigenvalue weighted by molar-refractivity contribution is 0.0786. The maximum Gasteiger partial charge on any atom is 0.253 e. The number of hydrogen-bond acceptors (Lipinski definition) is 3. The highest BCUT2D eigenvalue weighted by molar-refractivity contribution is 5.94. The zero-order valence-electron chi connectivity index (χ0n) is 14.9. The van der Waals surface area contributed by atoms with Crippen LogP contribution in [0.3, 0.4) is 0 Å². The van der Waals surface area contributed by atoms with Gasteiger partial charge in [-0.15, -0.1) is 0 Å². The van der Waals surface area contributed by atoms with Gasteiger partial charge in [-0.05, 0) is 56.4 Å². The summed E-state index contributed by atoms with van der Waals surface area (Å²) in [5, 5.41) is 0. The molecule has 0 radical (unpaired) electrons. The number of imidazole rings is 1. The SMILES string of the molecule is COc1ccc(C(=O)N2CCC(Cn3c(C)cnc3C3CC3)C2)cc1. The molecule has 4 rings (SSSR count). The predicted molar refractivity (Wildman–Crippen MR) is 95.9 cm³/mol. The molecule has 2 fully saturated rings. The van der Waals surface area contributed by atoms with E-state index in [0.29, 0.717) is 11.8 Å². The number of amides is 1. The van der Waals surface area contributed by atoms with Crippen molar-refractivity contribution in [3.63, 3.8) is 0 Å². The van der Waals surface area contributed by atoms with Crippen molar-refractivity contribution in [3.05, 3.63) is 47.5 Å². The Morgan fingerprint density at radius 3 is 2.68 bits per heavy atom. The third-order valence-corrected chi connectivity index (χ3v) is 5.38. The van der Waals surface area contributed by atoms with Crippen LogP contribution in [0.15, 0.2) is 30.5 Å². The van der Waals surface area contributed by atoms with Gasteiger partial charge in [-0.25, -0.2) is 4.98 Å². The van der Waals surface area contributed by atoms with Gasteiger partial charge < -0.3 is 14.2 Å². The Hall–Kier alpha value is -2.30. The van der Waals surface area contributed by atoms with Crippen LogP contribution in [-0.4, -0.2) is 40.6 Å². The molecule has 1 aliphatic heterocycles. The van der Waals surface area contributed by atoms with E-state index in [1.54, 1.807) is 7.11 Å². The van der Waals surface area contributed by atoms with Crippen molar-refractivity contribution in [1.82, 2.24) is 14.5 Å². The van der Waals surface area contributed by atoms with Crippen molar-refractivity contribution < 1.29 is 9.53 Å². The molecule has 1 saturated heterocycles. The van der Waals surface area contributed by atoms with Crippen LogP contribution in [-0.2, 0) is 6.54 Å². The number of rotatable bonds is 5. The summed E-state index contributed by atoms with van der Waals surface area (Å²) in [6.07, 6.45) is 5.58. The van der Waals surface area contributed by atoms with Crippen LogP contribution in [0.2, 0.25) is 0 Å². The van der Waals surface area contributed by atoms with Gasteiger partial charge in [0.05, 0.1) is 7.11 Å². The van der Waals surface area contributed by atoms with E-state index in [-0.39, 0.29) is 5.91 Å². The number of methoxy groups -OCH3 is 1. The van der Waals surface area contributed by atoms with E-state index in [2.05, 4.69) is 16.5 Å². The average molecular weight is 339 g/mol. The highest BCUT2D eigenvalue weighted by atomic mass is 16.5. The highest BCUT2D eigenvalue weighted by Gasteiger charge is 2.32. The second kappa shape index (κ2) is 6.54. The Bertz CT molecular complexity index is 762. The molecule has 1 amide bonds. The molecule has 1 saturated carbocycles. The summed E-state index contributed by atoms with van der Waals surface area (Å²) in [7, 11) is 1.63. The fourth-order valence-corrected chi connectivity index (χ4v) is 3.72. The van der Waals surface area contributed by atoms with Gasteiger partial charge in [0, 0.05) is 43.0 Å². The van der Waals surface area contributed by atoms with E-state index in [0.717, 1.165) is 37.4 Å². The summed E-state index contributed by atoms with van der Waals surface area (Å²) < 4.78 is 7.54. The Kier molecular flexibility index (Phi) is 4.24. The van der Waals surface area contributed by atoms with Crippen molar-refractivity contribution >= 4 is 5.91 Å². The minimum absolute atomic E-state index is 0.120. The van der Waals surface area contributed by atoms with Crippen molar-refractivity contribution in [2.45, 2.75) is 38.6 Å². The molecule has 1 atom stereocenters. The molecule has 5 nitrogen and oxygen atoms in total. The molecule has 2 aliphatic rings. The number of aryl methyl sites for hydroxylation is 1. The standard InChI is InChI=1S/C20H25N3O2/c1-14-11-21-19(16-3-4-16)23(14)13-15-9-10-22(12-15)20(24)17-5-7-18(25-2)8-6-17/h5-8,11,15-16H,3-4,9-10,12-13H2,1-2H3. The average Bonchev–Trinajstić information content (AvgIpc) is 3.27. The van der Waals surface area contributed by atoms with Crippen LogP contribution >= 0.6 is 0 Å². The van der Waals surface area contributed by atoms with Crippen LogP contribution in [0.5, 0.6) is 5.75 Å². The Labute approximate surface area is 148 Å². The minimum Gasteiger partial charge on any atom is -0.497 e. The fourth-order valence-electron chi connectivity index (χ4n) is 3.72. The second-order valence-electron chi connectivity index (χ2n) is 7.28. The molecule has 25 heavy (non-hydrogen) atoms. The lowest BCUT2D eigenvalue weighted by Crippen LogP contribution is -2.29. The quantitative estimate of drug-likeness (QED) is 0.840. The Balaban J connectivity index is 1.41. The van der Waals surface area contributed by atoms with Gasteiger partial charge in [-0.3, -0.25) is 4.79 Å². The maximum absolute atomic E-state index is 12.7. The van der Waals surface area contributed by atoms with Gasteiger partial charge in [0.15, 0.2) is 0 Å². The molecule has 1 aromatic carbocycles. The number of ether oxygens (including phenoxy) is 1. The smallest absolute Gasteiger partial charge is 0.253 e. The van der Waals surface area contributed by atoms with Crippen molar-refractivity contribution in [2.75, 3.05) is 20.2 Å². The van der Waals surface area contributed by atoms with Gasteiger partial charge in [0.25, 0.3) is 5.91 Å². The zero-order chi connectivity index (χ0) is 17.4. The zero-order valence-corrected chi connectivity index (χ0v) is 14.9. The summed E-state index contributed by atoms with van der Waals surface area (Å²) in [5.41, 5.74) is 1.97. The first-order valence-corrected chi connectivity index (χ1v) is 9.11. The number of hydrogen-bond donors (Lipinski definition) is 0. The van der Waals surface area contributed by atoms with Crippen LogP contribution in [0, 0.1) is 12.8 Å². The number of carbonyl (C=O) groups is 1. The molecule has 5 heteroatoms. The van der Waals surface area contributed by atoms with E-state index < -0.39 is 0 Å². The van der Waals surface area contributed by atoms with Crippen LogP contribution in [0.25, 0.3) is 0 Å². The summed E-state index contributed by atoms with van der Waals surface area (Å²) in [6.45, 7) is 4.77. The molecule has 0 bridgehead atoms. The minimum atomic E-state index is 0.120. The third-order valence-electron chi connectivity index (χ3n) is 5.38. The third kappa shape index (κ3) is 3.28. The van der Waals surface area contributed by atoms with Crippen molar-refractivity contribution in [3.8, 4) is 5.75 Å². The number of nitrogens with zero attached hydrogens (tertiary/aromatic N) is 3. The van der Waals surface area contributed by atoms with Gasteiger partial charge >= 0.3 is 0 Å². The van der Waals surface area contributed by atoms with Gasteiger partial charge in [-0.2, -0.15) is 0 Å². The van der Waals surface area contributed by atoms with Crippen LogP contribution in [0.1, 0.15) is 47.1 Å². The van der Waals surface area contributed by atoms with Crippen molar-refractivity contribution in [1.29, 1.82) is 0 Å².